The molecule has 2 heterocycles. The van der Waals surface area contributed by atoms with Crippen LogP contribution in [-0.4, -0.2) is 24.1 Å². The molecule has 2 bridgehead atoms. The van der Waals surface area contributed by atoms with E-state index in [0.717, 1.165) is 54.6 Å². The van der Waals surface area contributed by atoms with Gasteiger partial charge in [0.15, 0.2) is 0 Å². The Morgan fingerprint density at radius 1 is 0.759 bits per heavy atom. The Bertz CT molecular complexity index is 971. The summed E-state index contributed by atoms with van der Waals surface area (Å²) in [6.07, 6.45) is 2.22. The van der Waals surface area contributed by atoms with Crippen molar-refractivity contribution in [2.75, 3.05) is 19.6 Å². The molecular formula is C27H27N2+. The Labute approximate surface area is 173 Å². The molecule has 0 radical (unpaired) electrons. The second-order valence-electron chi connectivity index (χ2n) is 8.96. The fourth-order valence-electron chi connectivity index (χ4n) is 6.18. The first-order valence-corrected chi connectivity index (χ1v) is 10.6. The van der Waals surface area contributed by atoms with Crippen LogP contribution in [-0.2, 0) is 12.0 Å². The van der Waals surface area contributed by atoms with Gasteiger partial charge in [0.1, 0.15) is 12.0 Å². The molecule has 3 aromatic rings. The normalized spacial score (nSPS) is 25.6. The molecule has 2 aliphatic rings. The second kappa shape index (κ2) is 6.87. The van der Waals surface area contributed by atoms with Gasteiger partial charge in [0.2, 0.25) is 0 Å². The number of fused-ring (bicyclic) bond motifs is 2. The van der Waals surface area contributed by atoms with Gasteiger partial charge in [-0.25, -0.2) is 0 Å². The molecule has 0 unspecified atom stereocenters. The van der Waals surface area contributed by atoms with Crippen LogP contribution in [0.1, 0.15) is 29.5 Å². The number of hydrogen-bond donors (Lipinski definition) is 0. The average molecular weight is 380 g/mol. The van der Waals surface area contributed by atoms with Crippen molar-refractivity contribution in [3.8, 4) is 6.07 Å². The maximum absolute atomic E-state index is 10.8. The monoisotopic (exact) mass is 379 g/mol. The van der Waals surface area contributed by atoms with E-state index in [1.165, 1.54) is 5.56 Å². The van der Waals surface area contributed by atoms with Gasteiger partial charge in [0, 0.05) is 18.4 Å². The quantitative estimate of drug-likeness (QED) is 0.551. The summed E-state index contributed by atoms with van der Waals surface area (Å²) < 4.78 is 1.12. The summed E-state index contributed by atoms with van der Waals surface area (Å²) in [7, 11) is 0. The summed E-state index contributed by atoms with van der Waals surface area (Å²) in [5.74, 6) is 0. The van der Waals surface area contributed by atoms with Gasteiger partial charge in [-0.3, -0.25) is 0 Å². The van der Waals surface area contributed by atoms with E-state index >= 15 is 0 Å². The van der Waals surface area contributed by atoms with Gasteiger partial charge in [0.25, 0.3) is 0 Å². The molecule has 5 rings (SSSR count). The van der Waals surface area contributed by atoms with Gasteiger partial charge < -0.3 is 4.48 Å². The summed E-state index contributed by atoms with van der Waals surface area (Å²) >= 11 is 0. The molecule has 0 atom stereocenters. The van der Waals surface area contributed by atoms with Crippen LogP contribution in [0.15, 0.2) is 91.0 Å². The number of nitrogens with zero attached hydrogens (tertiary/aromatic N) is 2. The van der Waals surface area contributed by atoms with Gasteiger partial charge >= 0.3 is 0 Å². The molecule has 2 aliphatic heterocycles. The summed E-state index contributed by atoms with van der Waals surface area (Å²) in [6.45, 7) is 4.49. The standard InChI is InChI=1S/C27H27N2/c28-21-27(24-12-6-2-7-13-24,25-14-8-3-9-15-25)26-16-18-29(22-26,19-17-26)20-23-10-4-1-5-11-23/h1-15H,16-20,22H2/q+1. The molecule has 0 spiro atoms. The minimum atomic E-state index is -0.595. The van der Waals surface area contributed by atoms with Crippen LogP contribution in [0, 0.1) is 16.7 Å². The highest BCUT2D eigenvalue weighted by Gasteiger charge is 2.66. The van der Waals surface area contributed by atoms with E-state index in [2.05, 4.69) is 84.9 Å². The molecule has 3 aromatic carbocycles. The highest BCUT2D eigenvalue weighted by atomic mass is 15.4. The second-order valence-corrected chi connectivity index (χ2v) is 8.96. The fourth-order valence-corrected chi connectivity index (χ4v) is 6.18. The van der Waals surface area contributed by atoms with Crippen molar-refractivity contribution in [1.29, 1.82) is 5.26 Å². The summed E-state index contributed by atoms with van der Waals surface area (Å²) in [4.78, 5) is 0. The van der Waals surface area contributed by atoms with Gasteiger partial charge in [-0.2, -0.15) is 5.26 Å². The van der Waals surface area contributed by atoms with Gasteiger partial charge in [0.05, 0.1) is 31.1 Å². The third-order valence-corrected chi connectivity index (χ3v) is 7.51. The number of nitriles is 1. The first-order valence-electron chi connectivity index (χ1n) is 10.6. The lowest BCUT2D eigenvalue weighted by Crippen LogP contribution is -2.45. The number of hydrogen-bond acceptors (Lipinski definition) is 1. The number of quaternary nitrogens is 1. The molecule has 29 heavy (non-hydrogen) atoms. The lowest BCUT2D eigenvalue weighted by molar-refractivity contribution is -0.922. The van der Waals surface area contributed by atoms with Crippen molar-refractivity contribution in [1.82, 2.24) is 0 Å². The molecule has 0 aliphatic carbocycles. The zero-order valence-corrected chi connectivity index (χ0v) is 16.8. The third-order valence-electron chi connectivity index (χ3n) is 7.51. The van der Waals surface area contributed by atoms with Crippen molar-refractivity contribution in [2.24, 2.45) is 5.41 Å². The number of piperidine rings is 1. The van der Waals surface area contributed by atoms with Crippen LogP contribution in [0.2, 0.25) is 0 Å². The third kappa shape index (κ3) is 2.73. The molecule has 2 saturated heterocycles. The van der Waals surface area contributed by atoms with Crippen LogP contribution in [0.4, 0.5) is 0 Å². The lowest BCUT2D eigenvalue weighted by Gasteiger charge is -2.41. The van der Waals surface area contributed by atoms with Crippen molar-refractivity contribution < 1.29 is 4.48 Å². The fraction of sp³-hybridized carbons (Fsp3) is 0.296. The van der Waals surface area contributed by atoms with Crippen LogP contribution >= 0.6 is 0 Å². The van der Waals surface area contributed by atoms with E-state index in [0.29, 0.717) is 0 Å². The molecule has 0 amide bonds. The molecule has 2 nitrogen and oxygen atoms in total. The minimum absolute atomic E-state index is 0.0146. The average Bonchev–Trinajstić information content (AvgIpc) is 3.34. The Morgan fingerprint density at radius 3 is 1.72 bits per heavy atom. The maximum Gasteiger partial charge on any atom is 0.118 e. The number of rotatable bonds is 5. The van der Waals surface area contributed by atoms with E-state index in [4.69, 9.17) is 0 Å². The predicted octanol–water partition coefficient (Wildman–Crippen LogP) is 5.31. The van der Waals surface area contributed by atoms with E-state index in [-0.39, 0.29) is 5.41 Å². The van der Waals surface area contributed by atoms with Crippen LogP contribution < -0.4 is 0 Å². The van der Waals surface area contributed by atoms with Crippen molar-refractivity contribution in [2.45, 2.75) is 24.8 Å². The Balaban J connectivity index is 1.61. The molecule has 0 saturated carbocycles. The van der Waals surface area contributed by atoms with Crippen LogP contribution in [0.3, 0.4) is 0 Å². The Hall–Kier alpha value is -2.89. The largest absolute Gasteiger partial charge is 0.319 e. The van der Waals surface area contributed by atoms with Crippen molar-refractivity contribution >= 4 is 0 Å². The first-order chi connectivity index (χ1) is 14.2. The Morgan fingerprint density at radius 2 is 1.24 bits per heavy atom. The first kappa shape index (κ1) is 18.2. The molecule has 2 fully saturated rings. The zero-order valence-electron chi connectivity index (χ0n) is 16.8. The van der Waals surface area contributed by atoms with E-state index in [1.54, 1.807) is 0 Å². The summed E-state index contributed by atoms with van der Waals surface area (Å²) in [6, 6.07) is 34.8. The highest BCUT2D eigenvalue weighted by Crippen LogP contribution is 2.59. The van der Waals surface area contributed by atoms with Gasteiger partial charge in [-0.1, -0.05) is 91.0 Å². The lowest BCUT2D eigenvalue weighted by atomic mass is 9.56. The SMILES string of the molecule is N#CC(c1ccccc1)(c1ccccc1)C12CC[N+](Cc3ccccc3)(CC1)C2. The minimum Gasteiger partial charge on any atom is -0.319 e. The maximum atomic E-state index is 10.8. The molecule has 0 N–H and O–H groups in total. The van der Waals surface area contributed by atoms with Crippen molar-refractivity contribution in [3.63, 3.8) is 0 Å². The van der Waals surface area contributed by atoms with E-state index in [1.807, 2.05) is 12.1 Å². The highest BCUT2D eigenvalue weighted by molar-refractivity contribution is 5.49. The van der Waals surface area contributed by atoms with Gasteiger partial charge in [-0.15, -0.1) is 0 Å². The Kier molecular flexibility index (Phi) is 4.30. The van der Waals surface area contributed by atoms with Gasteiger partial charge in [-0.05, 0) is 11.1 Å². The zero-order chi connectivity index (χ0) is 19.8. The molecular weight excluding hydrogens is 352 g/mol. The predicted molar refractivity (Wildman–Crippen MR) is 116 cm³/mol. The molecule has 0 aromatic heterocycles. The van der Waals surface area contributed by atoms with E-state index in [9.17, 15) is 5.26 Å². The summed E-state index contributed by atoms with van der Waals surface area (Å²) in [5.41, 5.74) is 3.10. The number of benzene rings is 3. The smallest absolute Gasteiger partial charge is 0.118 e. The molecule has 144 valence electrons. The van der Waals surface area contributed by atoms with E-state index < -0.39 is 5.41 Å². The topological polar surface area (TPSA) is 23.8 Å². The summed E-state index contributed by atoms with van der Waals surface area (Å²) in [5, 5.41) is 10.8. The van der Waals surface area contributed by atoms with Crippen molar-refractivity contribution in [3.05, 3.63) is 108 Å². The molecule has 2 heteroatoms. The van der Waals surface area contributed by atoms with Crippen LogP contribution in [0.25, 0.3) is 0 Å². The van der Waals surface area contributed by atoms with Crippen LogP contribution in [0.5, 0.6) is 0 Å².